The highest BCUT2D eigenvalue weighted by molar-refractivity contribution is 6.74. The first-order chi connectivity index (χ1) is 7.80. The Morgan fingerprint density at radius 3 is 1.83 bits per heavy atom. The van der Waals surface area contributed by atoms with Crippen molar-refractivity contribution >= 4 is 20.2 Å². The predicted molar refractivity (Wildman–Crippen MR) is 76.0 cm³/mol. The van der Waals surface area contributed by atoms with E-state index in [2.05, 4.69) is 0 Å². The number of carbonyl (C=O) groups excluding carboxylic acids is 1. The molecule has 0 aromatic heterocycles. The molecule has 0 aliphatic heterocycles. The average molecular weight is 270 g/mol. The van der Waals surface area contributed by atoms with E-state index in [9.17, 15) is 4.79 Å². The molecule has 0 aliphatic carbocycles. The molecule has 0 bridgehead atoms. The van der Waals surface area contributed by atoms with Crippen molar-refractivity contribution in [3.63, 3.8) is 0 Å². The maximum atomic E-state index is 11.8. The minimum Gasteiger partial charge on any atom is -0.760 e. The molecule has 0 saturated carbocycles. The molecule has 0 aromatic rings. The summed E-state index contributed by atoms with van der Waals surface area (Å²) >= 11 is 0. The van der Waals surface area contributed by atoms with E-state index >= 15 is 0 Å². The number of nitrogens with zero attached hydrogens (tertiary/aromatic N) is 1. The predicted octanol–water partition coefficient (Wildman–Crippen LogP) is 3.47. The zero-order valence-corrected chi connectivity index (χ0v) is 13.7. The van der Waals surface area contributed by atoms with Crippen LogP contribution >= 0.6 is 0 Å². The maximum Gasteiger partial charge on any atom is 0.379 e. The molecule has 0 unspecified atom stereocenters. The lowest BCUT2D eigenvalue weighted by molar-refractivity contribution is -0.152. The fraction of sp³-hybridized carbons (Fsp3) is 0.769. The van der Waals surface area contributed by atoms with Crippen LogP contribution in [0.4, 0.5) is 0 Å². The molecule has 0 heterocycles. The van der Waals surface area contributed by atoms with Crippen LogP contribution in [0.25, 0.3) is 5.41 Å². The lowest BCUT2D eigenvalue weighted by Gasteiger charge is -2.36. The van der Waals surface area contributed by atoms with E-state index < -0.39 is 19.9 Å². The molecule has 0 saturated heterocycles. The summed E-state index contributed by atoms with van der Waals surface area (Å²) in [5, 5.41) is 8.96. The van der Waals surface area contributed by atoms with Gasteiger partial charge in [0, 0.05) is 0 Å². The first-order valence-electron chi connectivity index (χ1n) is 5.99. The fourth-order valence-electron chi connectivity index (χ4n) is 0.843. The Kier molecular flexibility index (Phi) is 4.97. The fourth-order valence-corrected chi connectivity index (χ4v) is 1.79. The molecular weight excluding hydrogens is 246 g/mol. The standard InChI is InChI=1S/C13H24NO3Si/c1-12(2,3)16-11(15)10(9-14)17-18(7,8)13(4,5)6/h1-8H3/q-1. The Morgan fingerprint density at radius 2 is 1.56 bits per heavy atom. The van der Waals surface area contributed by atoms with Gasteiger partial charge >= 0.3 is 5.97 Å². The topological polar surface area (TPSA) is 57.8 Å². The van der Waals surface area contributed by atoms with E-state index in [0.717, 1.165) is 0 Å². The number of hydrogen-bond acceptors (Lipinski definition) is 3. The zero-order chi connectivity index (χ0) is 14.8. The molecule has 18 heavy (non-hydrogen) atoms. The van der Waals surface area contributed by atoms with Crippen molar-refractivity contribution in [3.05, 3.63) is 11.2 Å². The molecule has 0 spiro atoms. The highest BCUT2D eigenvalue weighted by Crippen LogP contribution is 2.37. The summed E-state index contributed by atoms with van der Waals surface area (Å²) in [6, 6.07) is 0. The second-order valence-corrected chi connectivity index (χ2v) is 11.5. The van der Waals surface area contributed by atoms with Crippen LogP contribution in [0.5, 0.6) is 0 Å². The first kappa shape index (κ1) is 16.9. The summed E-state index contributed by atoms with van der Waals surface area (Å²) in [5.74, 6) is 0.883. The Balaban J connectivity index is 4.97. The van der Waals surface area contributed by atoms with E-state index in [-0.39, 0.29) is 10.8 Å². The minimum absolute atomic E-state index is 0.0723. The van der Waals surface area contributed by atoms with Crippen LogP contribution in [0.3, 0.4) is 0 Å². The lowest BCUT2D eigenvalue weighted by Crippen LogP contribution is -2.42. The van der Waals surface area contributed by atoms with Gasteiger partial charge < -0.3 is 14.6 Å². The van der Waals surface area contributed by atoms with E-state index in [1.165, 1.54) is 0 Å². The Bertz CT molecular complexity index is 369. The van der Waals surface area contributed by atoms with Crippen molar-refractivity contribution in [2.24, 2.45) is 0 Å². The molecule has 5 heteroatoms. The molecule has 4 nitrogen and oxygen atoms in total. The van der Waals surface area contributed by atoms with Crippen molar-refractivity contribution in [1.29, 1.82) is 0 Å². The Morgan fingerprint density at radius 1 is 1.11 bits per heavy atom. The summed E-state index contributed by atoms with van der Waals surface area (Å²) < 4.78 is 10.8. The molecule has 0 aromatic carbocycles. The summed E-state index contributed by atoms with van der Waals surface area (Å²) in [6.07, 6.45) is 0. The van der Waals surface area contributed by atoms with Gasteiger partial charge in [-0.05, 0) is 38.9 Å². The summed E-state index contributed by atoms with van der Waals surface area (Å²) in [6.45, 7) is 15.4. The third-order valence-electron chi connectivity index (χ3n) is 2.85. The van der Waals surface area contributed by atoms with Gasteiger partial charge in [-0.1, -0.05) is 20.8 Å². The highest BCUT2D eigenvalue weighted by Gasteiger charge is 2.40. The van der Waals surface area contributed by atoms with Crippen molar-refractivity contribution in [2.75, 3.05) is 0 Å². The van der Waals surface area contributed by atoms with Crippen molar-refractivity contribution in [1.82, 2.24) is 0 Å². The van der Waals surface area contributed by atoms with Crippen LogP contribution in [0.2, 0.25) is 18.1 Å². The van der Waals surface area contributed by atoms with Gasteiger partial charge in [-0.2, -0.15) is 0 Å². The average Bonchev–Trinajstić information content (AvgIpc) is 2.09. The zero-order valence-electron chi connectivity index (χ0n) is 12.7. The number of esters is 1. The molecule has 0 fully saturated rings. The second kappa shape index (κ2) is 5.29. The van der Waals surface area contributed by atoms with Gasteiger partial charge in [0.15, 0.2) is 0 Å². The number of rotatable bonds is 3. The van der Waals surface area contributed by atoms with Gasteiger partial charge in [0.25, 0.3) is 8.32 Å². The molecule has 0 aliphatic rings. The largest absolute Gasteiger partial charge is 0.760 e. The highest BCUT2D eigenvalue weighted by atomic mass is 28.4. The van der Waals surface area contributed by atoms with Crippen LogP contribution in [-0.2, 0) is 14.0 Å². The van der Waals surface area contributed by atoms with Gasteiger partial charge in [0.05, 0.1) is 0 Å². The second-order valence-electron chi connectivity index (χ2n) is 6.81. The SMILES string of the molecule is CC(C)(C)OC(=O)C(=C=[N-])O[Si](C)(C)C(C)(C)C. The van der Waals surface area contributed by atoms with E-state index in [1.807, 2.05) is 39.7 Å². The van der Waals surface area contributed by atoms with Crippen molar-refractivity contribution in [3.8, 4) is 0 Å². The molecule has 0 atom stereocenters. The summed E-state index contributed by atoms with van der Waals surface area (Å²) in [4.78, 5) is 11.8. The van der Waals surface area contributed by atoms with Crippen LogP contribution in [-0.4, -0.2) is 25.8 Å². The van der Waals surface area contributed by atoms with Gasteiger partial charge in [-0.3, -0.25) is 0 Å². The van der Waals surface area contributed by atoms with Crippen LogP contribution < -0.4 is 0 Å². The van der Waals surface area contributed by atoms with Crippen LogP contribution in [0.1, 0.15) is 41.5 Å². The summed E-state index contributed by atoms with van der Waals surface area (Å²) in [7, 11) is -2.19. The van der Waals surface area contributed by atoms with Crippen molar-refractivity contribution < 1.29 is 14.0 Å². The number of hydrogen-bond donors (Lipinski definition) is 0. The van der Waals surface area contributed by atoms with Gasteiger partial charge in [-0.25, -0.2) is 10.7 Å². The Labute approximate surface area is 111 Å². The minimum atomic E-state index is -2.19. The molecule has 104 valence electrons. The monoisotopic (exact) mass is 270 g/mol. The molecular formula is C13H24NO3Si-. The van der Waals surface area contributed by atoms with Crippen molar-refractivity contribution in [2.45, 2.75) is 65.3 Å². The van der Waals surface area contributed by atoms with Crippen LogP contribution in [0, 0.1) is 0 Å². The lowest BCUT2D eigenvalue weighted by atomic mass is 10.2. The number of carbonyl (C=O) groups is 1. The third-order valence-corrected chi connectivity index (χ3v) is 7.18. The van der Waals surface area contributed by atoms with E-state index in [1.54, 1.807) is 20.8 Å². The quantitative estimate of drug-likeness (QED) is 0.259. The maximum absolute atomic E-state index is 11.8. The third kappa shape index (κ3) is 5.06. The molecule has 0 amide bonds. The van der Waals surface area contributed by atoms with Gasteiger partial charge in [-0.15, -0.1) is 0 Å². The molecule has 0 N–H and O–H groups in total. The smallest absolute Gasteiger partial charge is 0.379 e. The summed E-state index contributed by atoms with van der Waals surface area (Å²) in [5.41, 5.74) is -0.629. The Hall–Kier alpha value is -1.06. The van der Waals surface area contributed by atoms with Gasteiger partial charge in [0.1, 0.15) is 5.60 Å². The first-order valence-corrected chi connectivity index (χ1v) is 8.90. The molecule has 0 rings (SSSR count). The van der Waals surface area contributed by atoms with E-state index in [0.29, 0.717) is 0 Å². The molecule has 0 radical (unpaired) electrons. The van der Waals surface area contributed by atoms with Crippen LogP contribution in [0.15, 0.2) is 5.76 Å². The van der Waals surface area contributed by atoms with Gasteiger partial charge in [0.2, 0.25) is 5.76 Å². The van der Waals surface area contributed by atoms with E-state index in [4.69, 9.17) is 14.6 Å². The normalized spacial score (nSPS) is 12.7. The number of ether oxygens (including phenoxy) is 1.